The first kappa shape index (κ1) is 24.4. The predicted molar refractivity (Wildman–Crippen MR) is 132 cm³/mol. The monoisotopic (exact) mass is 529 g/mol. The molecule has 164 valence electrons. The number of nitrogens with zero attached hydrogens (tertiary/aromatic N) is 3. The number of fused-ring (bicyclic) bond motifs is 1. The highest BCUT2D eigenvalue weighted by Gasteiger charge is 2.19. The van der Waals surface area contributed by atoms with Crippen molar-refractivity contribution >= 4 is 54.3 Å². The molecule has 29 heavy (non-hydrogen) atoms. The van der Waals surface area contributed by atoms with Crippen molar-refractivity contribution in [1.29, 1.82) is 0 Å². The maximum Gasteiger partial charge on any atom is 0.130 e. The zero-order valence-corrected chi connectivity index (χ0v) is 21.2. The number of unbranched alkanes of at least 4 members (excludes halogenated alkanes) is 8. The van der Waals surface area contributed by atoms with Gasteiger partial charge in [0.05, 0.1) is 26.9 Å². The lowest BCUT2D eigenvalue weighted by atomic mass is 9.94. The number of benzene rings is 1. The number of rotatable bonds is 14. The third-order valence-electron chi connectivity index (χ3n) is 5.69. The lowest BCUT2D eigenvalue weighted by molar-refractivity contribution is 0.327. The average Bonchev–Trinajstić information content (AvgIpc) is 3.14. The van der Waals surface area contributed by atoms with Gasteiger partial charge in [0.2, 0.25) is 0 Å². The molecule has 0 fully saturated rings. The number of hydrogen-bond acceptors (Lipinski definition) is 4. The molecule has 0 saturated heterocycles. The van der Waals surface area contributed by atoms with E-state index in [0.29, 0.717) is 17.3 Å². The molecule has 1 heterocycles. The Labute approximate surface area is 192 Å². The van der Waals surface area contributed by atoms with E-state index in [1.807, 2.05) is 4.80 Å². The van der Waals surface area contributed by atoms with Crippen LogP contribution in [-0.4, -0.2) is 15.0 Å². The highest BCUT2D eigenvalue weighted by Crippen LogP contribution is 2.39. The van der Waals surface area contributed by atoms with E-state index < -0.39 is 0 Å². The molecule has 0 aliphatic rings. The van der Waals surface area contributed by atoms with Gasteiger partial charge in [-0.2, -0.15) is 15.0 Å². The van der Waals surface area contributed by atoms with E-state index in [2.05, 4.69) is 45.7 Å². The second-order valence-corrected chi connectivity index (χ2v) is 9.77. The summed E-state index contributed by atoms with van der Waals surface area (Å²) in [5.74, 6) is 0.618. The first-order valence-corrected chi connectivity index (χ1v) is 12.8. The van der Waals surface area contributed by atoms with Gasteiger partial charge in [0.25, 0.3) is 0 Å². The lowest BCUT2D eigenvalue weighted by Crippen LogP contribution is -2.13. The van der Waals surface area contributed by atoms with Crippen LogP contribution in [0.25, 0.3) is 11.0 Å². The Morgan fingerprint density at radius 3 is 1.62 bits per heavy atom. The van der Waals surface area contributed by atoms with Crippen molar-refractivity contribution < 1.29 is 0 Å². The second-order valence-electron chi connectivity index (χ2n) is 8.18. The molecular formula is C22H37Br2N5. The van der Waals surface area contributed by atoms with Gasteiger partial charge in [-0.25, -0.2) is 0 Å². The molecule has 0 amide bonds. The molecule has 2 rings (SSSR count). The lowest BCUT2D eigenvalue weighted by Gasteiger charge is -2.16. The van der Waals surface area contributed by atoms with Gasteiger partial charge in [0.15, 0.2) is 0 Å². The summed E-state index contributed by atoms with van der Waals surface area (Å²) in [5, 5.41) is 9.44. The molecule has 7 heteroatoms. The van der Waals surface area contributed by atoms with Crippen molar-refractivity contribution in [3.63, 3.8) is 0 Å². The fraction of sp³-hybridized carbons (Fsp3) is 0.727. The van der Waals surface area contributed by atoms with Crippen LogP contribution < -0.4 is 11.5 Å². The van der Waals surface area contributed by atoms with Gasteiger partial charge in [-0.1, -0.05) is 78.1 Å². The van der Waals surface area contributed by atoms with Gasteiger partial charge >= 0.3 is 0 Å². The largest absolute Gasteiger partial charge is 0.396 e. The van der Waals surface area contributed by atoms with E-state index >= 15 is 0 Å². The topological polar surface area (TPSA) is 82.8 Å². The zero-order valence-electron chi connectivity index (χ0n) is 18.0. The van der Waals surface area contributed by atoms with Gasteiger partial charge in [-0.05, 0) is 50.6 Å². The summed E-state index contributed by atoms with van der Waals surface area (Å²) in [4.78, 5) is 1.85. The van der Waals surface area contributed by atoms with Crippen LogP contribution in [0.15, 0.2) is 8.95 Å². The van der Waals surface area contributed by atoms with E-state index in [1.165, 1.54) is 77.0 Å². The highest BCUT2D eigenvalue weighted by molar-refractivity contribution is 9.11. The Morgan fingerprint density at radius 1 is 0.724 bits per heavy atom. The number of nitrogens with two attached hydrogens (primary N) is 2. The van der Waals surface area contributed by atoms with Gasteiger partial charge in [0, 0.05) is 0 Å². The van der Waals surface area contributed by atoms with Crippen LogP contribution >= 0.6 is 31.9 Å². The maximum atomic E-state index is 6.09. The third kappa shape index (κ3) is 7.12. The van der Waals surface area contributed by atoms with Crippen LogP contribution in [0, 0.1) is 5.92 Å². The average molecular weight is 531 g/mol. The fourth-order valence-corrected chi connectivity index (χ4v) is 4.81. The molecule has 0 aliphatic heterocycles. The van der Waals surface area contributed by atoms with Gasteiger partial charge in [-0.3, -0.25) is 0 Å². The standard InChI is InChI=1S/C22H37Br2N5/c1-3-5-7-9-10-12-14-16(13-11-8-6-4-2)15-29-27-21-17(23)19(25)20(26)18(24)22(21)28-29/h16H,3-15,25-26H2,1-2H3. The zero-order chi connectivity index (χ0) is 21.2. The molecule has 1 aromatic carbocycles. The quantitative estimate of drug-likeness (QED) is 0.196. The van der Waals surface area contributed by atoms with Crippen molar-refractivity contribution in [2.24, 2.45) is 5.92 Å². The molecule has 0 saturated carbocycles. The molecule has 0 aliphatic carbocycles. The van der Waals surface area contributed by atoms with E-state index in [1.54, 1.807) is 0 Å². The molecule has 5 nitrogen and oxygen atoms in total. The second kappa shape index (κ2) is 12.8. The summed E-state index contributed by atoms with van der Waals surface area (Å²) >= 11 is 7.07. The number of aromatic nitrogens is 3. The molecule has 1 aromatic heterocycles. The first-order chi connectivity index (χ1) is 14.0. The van der Waals surface area contributed by atoms with Crippen LogP contribution in [0.3, 0.4) is 0 Å². The van der Waals surface area contributed by atoms with E-state index in [-0.39, 0.29) is 0 Å². The Morgan fingerprint density at radius 2 is 1.14 bits per heavy atom. The number of halogens is 2. The summed E-state index contributed by atoms with van der Waals surface area (Å²) in [5.41, 5.74) is 14.7. The highest BCUT2D eigenvalue weighted by atomic mass is 79.9. The summed E-state index contributed by atoms with van der Waals surface area (Å²) in [6.07, 6.45) is 15.8. The first-order valence-electron chi connectivity index (χ1n) is 11.3. The van der Waals surface area contributed by atoms with Crippen LogP contribution in [-0.2, 0) is 6.54 Å². The SMILES string of the molecule is CCCCCCCCC(CCCCCC)Cn1nc2c(Br)c(N)c(N)c(Br)c2n1. The number of nitrogen functional groups attached to an aromatic ring is 2. The molecule has 0 bridgehead atoms. The fourth-order valence-electron chi connectivity index (χ4n) is 3.85. The van der Waals surface area contributed by atoms with E-state index in [9.17, 15) is 0 Å². The Kier molecular flexibility index (Phi) is 10.8. The minimum absolute atomic E-state index is 0.514. The predicted octanol–water partition coefficient (Wildman–Crippen LogP) is 7.46. The van der Waals surface area contributed by atoms with Crippen LogP contribution in [0.2, 0.25) is 0 Å². The van der Waals surface area contributed by atoms with E-state index in [4.69, 9.17) is 21.7 Å². The van der Waals surface area contributed by atoms with Crippen LogP contribution in [0.5, 0.6) is 0 Å². The Balaban J connectivity index is 2.04. The van der Waals surface area contributed by atoms with Crippen molar-refractivity contribution in [2.75, 3.05) is 11.5 Å². The van der Waals surface area contributed by atoms with Gasteiger partial charge < -0.3 is 11.5 Å². The Hall–Kier alpha value is -0.820. The van der Waals surface area contributed by atoms with Crippen molar-refractivity contribution in [3.05, 3.63) is 8.95 Å². The molecule has 1 unspecified atom stereocenters. The number of anilines is 2. The van der Waals surface area contributed by atoms with Crippen LogP contribution in [0.4, 0.5) is 11.4 Å². The van der Waals surface area contributed by atoms with Crippen LogP contribution in [0.1, 0.15) is 90.9 Å². The van der Waals surface area contributed by atoms with Crippen molar-refractivity contribution in [1.82, 2.24) is 15.0 Å². The summed E-state index contributed by atoms with van der Waals surface area (Å²) in [7, 11) is 0. The van der Waals surface area contributed by atoms with Crippen molar-refractivity contribution in [3.8, 4) is 0 Å². The van der Waals surface area contributed by atoms with Gasteiger partial charge in [0.1, 0.15) is 11.0 Å². The summed E-state index contributed by atoms with van der Waals surface area (Å²) in [6, 6.07) is 0. The molecule has 4 N–H and O–H groups in total. The molecule has 0 spiro atoms. The summed E-state index contributed by atoms with van der Waals surface area (Å²) in [6.45, 7) is 5.39. The normalized spacial score (nSPS) is 12.7. The molecule has 1 atom stereocenters. The smallest absolute Gasteiger partial charge is 0.130 e. The molecule has 2 aromatic rings. The Bertz CT molecular complexity index is 714. The van der Waals surface area contributed by atoms with Gasteiger partial charge in [-0.15, -0.1) is 0 Å². The van der Waals surface area contributed by atoms with Crippen molar-refractivity contribution in [2.45, 2.75) is 97.4 Å². The van der Waals surface area contributed by atoms with E-state index in [0.717, 1.165) is 26.5 Å². The number of hydrogen-bond donors (Lipinski definition) is 2. The maximum absolute atomic E-state index is 6.09. The minimum Gasteiger partial charge on any atom is -0.396 e. The molecular weight excluding hydrogens is 494 g/mol. The molecule has 0 radical (unpaired) electrons. The third-order valence-corrected chi connectivity index (χ3v) is 7.29. The summed E-state index contributed by atoms with van der Waals surface area (Å²) < 4.78 is 1.46. The minimum atomic E-state index is 0.514.